The number of hydrogen-bond donors (Lipinski definition) is 1. The zero-order valence-corrected chi connectivity index (χ0v) is 15.5. The zero-order chi connectivity index (χ0) is 20.3. The van der Waals surface area contributed by atoms with E-state index < -0.39 is 29.4 Å². The number of nitrogens with one attached hydrogen (secondary N) is 1. The number of benzene rings is 2. The van der Waals surface area contributed by atoms with Crippen molar-refractivity contribution in [3.63, 3.8) is 0 Å². The maximum Gasteiger partial charge on any atom is 0.433 e. The van der Waals surface area contributed by atoms with Crippen molar-refractivity contribution in [2.45, 2.75) is 32.6 Å². The van der Waals surface area contributed by atoms with E-state index in [1.54, 1.807) is 13.8 Å². The zero-order valence-electron chi connectivity index (χ0n) is 15.5. The minimum atomic E-state index is -4.65. The summed E-state index contributed by atoms with van der Waals surface area (Å²) >= 11 is 0. The molecule has 0 aliphatic rings. The van der Waals surface area contributed by atoms with E-state index in [-0.39, 0.29) is 6.54 Å². The second-order valence-electron chi connectivity index (χ2n) is 6.40. The number of hydrogen-bond acceptors (Lipinski definition) is 2. The van der Waals surface area contributed by atoms with Crippen LogP contribution in [0.1, 0.15) is 41.5 Å². The van der Waals surface area contributed by atoms with Crippen molar-refractivity contribution in [3.05, 3.63) is 77.6 Å². The summed E-state index contributed by atoms with van der Waals surface area (Å²) in [5, 5.41) is 6.31. The highest BCUT2D eigenvalue weighted by Gasteiger charge is 2.39. The summed E-state index contributed by atoms with van der Waals surface area (Å²) in [6.45, 7) is 3.30. The Bertz CT molecular complexity index is 947. The van der Waals surface area contributed by atoms with Gasteiger partial charge in [-0.1, -0.05) is 54.6 Å². The molecule has 1 heterocycles. The lowest BCUT2D eigenvalue weighted by molar-refractivity contribution is -0.144. The van der Waals surface area contributed by atoms with Crippen LogP contribution in [0.5, 0.6) is 0 Å². The number of carbonyl (C=O) groups excluding carboxylic acids is 1. The average molecular weight is 387 g/mol. The highest BCUT2D eigenvalue weighted by molar-refractivity contribution is 5.95. The maximum absolute atomic E-state index is 13.3. The maximum atomic E-state index is 13.3. The molecule has 4 nitrogen and oxygen atoms in total. The van der Waals surface area contributed by atoms with Crippen molar-refractivity contribution in [2.75, 3.05) is 0 Å². The predicted octanol–water partition coefficient (Wildman–Crippen LogP) is 5.08. The molecule has 0 aliphatic carbocycles. The fourth-order valence-electron chi connectivity index (χ4n) is 3.04. The molecule has 2 aromatic carbocycles. The van der Waals surface area contributed by atoms with Crippen LogP contribution in [-0.4, -0.2) is 15.7 Å². The number of carbonyl (C=O) groups is 1. The van der Waals surface area contributed by atoms with Gasteiger partial charge in [0.2, 0.25) is 0 Å². The van der Waals surface area contributed by atoms with Crippen LogP contribution >= 0.6 is 0 Å². The van der Waals surface area contributed by atoms with Crippen LogP contribution in [0.2, 0.25) is 0 Å². The SMILES string of the molecule is CCn1ncc(C(=O)N[C@H](C)c2ccc(-c3ccccc3)cc2)c1C(F)(F)F. The molecule has 0 fully saturated rings. The Morgan fingerprint density at radius 1 is 1.07 bits per heavy atom. The molecule has 0 saturated carbocycles. The van der Waals surface area contributed by atoms with Crippen molar-refractivity contribution >= 4 is 5.91 Å². The Kier molecular flexibility index (Phi) is 5.53. The summed E-state index contributed by atoms with van der Waals surface area (Å²) in [6.07, 6.45) is -3.69. The van der Waals surface area contributed by atoms with Gasteiger partial charge in [-0.2, -0.15) is 18.3 Å². The monoisotopic (exact) mass is 387 g/mol. The third-order valence-electron chi connectivity index (χ3n) is 4.52. The molecule has 0 unspecified atom stereocenters. The topological polar surface area (TPSA) is 46.9 Å². The van der Waals surface area contributed by atoms with E-state index in [1.807, 2.05) is 54.6 Å². The highest BCUT2D eigenvalue weighted by atomic mass is 19.4. The lowest BCUT2D eigenvalue weighted by atomic mass is 10.0. The first-order valence-electron chi connectivity index (χ1n) is 8.90. The molecular formula is C21H20F3N3O. The van der Waals surface area contributed by atoms with Crippen LogP contribution in [0, 0.1) is 0 Å². The molecule has 0 spiro atoms. The predicted molar refractivity (Wildman–Crippen MR) is 101 cm³/mol. The van der Waals surface area contributed by atoms with Crippen molar-refractivity contribution in [2.24, 2.45) is 0 Å². The molecule has 0 aliphatic heterocycles. The van der Waals surface area contributed by atoms with Gasteiger partial charge in [-0.15, -0.1) is 0 Å². The standard InChI is InChI=1S/C21H20F3N3O/c1-3-27-19(21(22,23)24)18(13-25-27)20(28)26-14(2)15-9-11-17(12-10-15)16-7-5-4-6-8-16/h4-14H,3H2,1-2H3,(H,26,28)/t14-/m1/s1. The normalized spacial score (nSPS) is 12.6. The summed E-state index contributed by atoms with van der Waals surface area (Å²) in [7, 11) is 0. The molecule has 3 aromatic rings. The molecule has 0 radical (unpaired) electrons. The van der Waals surface area contributed by atoms with Gasteiger partial charge < -0.3 is 5.32 Å². The van der Waals surface area contributed by atoms with Gasteiger partial charge in [0, 0.05) is 6.54 Å². The Morgan fingerprint density at radius 2 is 1.68 bits per heavy atom. The average Bonchev–Trinajstić information content (AvgIpc) is 3.14. The van der Waals surface area contributed by atoms with Gasteiger partial charge in [-0.3, -0.25) is 9.48 Å². The second-order valence-corrected chi connectivity index (χ2v) is 6.40. The van der Waals surface area contributed by atoms with Gasteiger partial charge in [0.1, 0.15) is 0 Å². The lowest BCUT2D eigenvalue weighted by Gasteiger charge is -2.16. The minimum Gasteiger partial charge on any atom is -0.345 e. The molecule has 1 atom stereocenters. The summed E-state index contributed by atoms with van der Waals surface area (Å²) in [6, 6.07) is 16.9. The molecule has 0 saturated heterocycles. The summed E-state index contributed by atoms with van der Waals surface area (Å²) < 4.78 is 40.7. The van der Waals surface area contributed by atoms with Crippen LogP contribution < -0.4 is 5.32 Å². The summed E-state index contributed by atoms with van der Waals surface area (Å²) in [5.41, 5.74) is 1.38. The first-order valence-corrected chi connectivity index (χ1v) is 8.90. The molecular weight excluding hydrogens is 367 g/mol. The van der Waals surface area contributed by atoms with Gasteiger partial charge in [-0.05, 0) is 30.5 Å². The molecule has 28 heavy (non-hydrogen) atoms. The van der Waals surface area contributed by atoms with E-state index in [0.717, 1.165) is 27.6 Å². The van der Waals surface area contributed by atoms with Crippen molar-refractivity contribution in [3.8, 4) is 11.1 Å². The Morgan fingerprint density at radius 3 is 2.25 bits per heavy atom. The minimum absolute atomic E-state index is 0.0264. The van der Waals surface area contributed by atoms with Crippen LogP contribution in [-0.2, 0) is 12.7 Å². The molecule has 3 rings (SSSR count). The van der Waals surface area contributed by atoms with Gasteiger partial charge in [-0.25, -0.2) is 0 Å². The van der Waals surface area contributed by atoms with Gasteiger partial charge in [0.15, 0.2) is 5.69 Å². The number of amides is 1. The molecule has 1 N–H and O–H groups in total. The number of aromatic nitrogens is 2. The van der Waals surface area contributed by atoms with E-state index >= 15 is 0 Å². The molecule has 7 heteroatoms. The fourth-order valence-corrected chi connectivity index (χ4v) is 3.04. The van der Waals surface area contributed by atoms with E-state index in [9.17, 15) is 18.0 Å². The van der Waals surface area contributed by atoms with Gasteiger partial charge >= 0.3 is 6.18 Å². The van der Waals surface area contributed by atoms with E-state index in [1.165, 1.54) is 0 Å². The summed E-state index contributed by atoms with van der Waals surface area (Å²) in [5.74, 6) is -0.799. The van der Waals surface area contributed by atoms with Crippen molar-refractivity contribution < 1.29 is 18.0 Å². The number of rotatable bonds is 5. The number of aryl methyl sites for hydroxylation is 1. The van der Waals surface area contributed by atoms with E-state index in [4.69, 9.17) is 0 Å². The first kappa shape index (κ1) is 19.7. The lowest BCUT2D eigenvalue weighted by Crippen LogP contribution is -2.29. The van der Waals surface area contributed by atoms with Gasteiger partial charge in [0.05, 0.1) is 17.8 Å². The highest BCUT2D eigenvalue weighted by Crippen LogP contribution is 2.32. The Balaban J connectivity index is 1.77. The third-order valence-corrected chi connectivity index (χ3v) is 4.52. The van der Waals surface area contributed by atoms with Crippen LogP contribution in [0.15, 0.2) is 60.8 Å². The van der Waals surface area contributed by atoms with E-state index in [2.05, 4.69) is 10.4 Å². The third kappa shape index (κ3) is 4.08. The fraction of sp³-hybridized carbons (Fsp3) is 0.238. The van der Waals surface area contributed by atoms with E-state index in [0.29, 0.717) is 0 Å². The van der Waals surface area contributed by atoms with Gasteiger partial charge in [0.25, 0.3) is 5.91 Å². The van der Waals surface area contributed by atoms with Crippen LogP contribution in [0.3, 0.4) is 0 Å². The number of halogens is 3. The summed E-state index contributed by atoms with van der Waals surface area (Å²) in [4.78, 5) is 12.4. The number of nitrogens with zero attached hydrogens (tertiary/aromatic N) is 2. The van der Waals surface area contributed by atoms with Crippen molar-refractivity contribution in [1.82, 2.24) is 15.1 Å². The van der Waals surface area contributed by atoms with Crippen LogP contribution in [0.25, 0.3) is 11.1 Å². The molecule has 1 aromatic heterocycles. The smallest absolute Gasteiger partial charge is 0.345 e. The van der Waals surface area contributed by atoms with Crippen LogP contribution in [0.4, 0.5) is 13.2 Å². The number of alkyl halides is 3. The van der Waals surface area contributed by atoms with Crippen molar-refractivity contribution in [1.29, 1.82) is 0 Å². The first-order chi connectivity index (χ1) is 13.3. The quantitative estimate of drug-likeness (QED) is 0.664. The molecule has 146 valence electrons. The largest absolute Gasteiger partial charge is 0.433 e. The molecule has 0 bridgehead atoms. The Labute approximate surface area is 161 Å². The second kappa shape index (κ2) is 7.88. The Hall–Kier alpha value is -3.09. The molecule has 1 amide bonds.